The molecule has 3 fully saturated rings. The Kier molecular flexibility index (Phi) is 4.56. The van der Waals surface area contributed by atoms with Crippen LogP contribution in [0.5, 0.6) is 0 Å². The second kappa shape index (κ2) is 6.33. The largest absolute Gasteiger partial charge is 0.444 e. The minimum Gasteiger partial charge on any atom is -0.444 e. The number of piperidine rings is 1. The van der Waals surface area contributed by atoms with E-state index in [0.717, 1.165) is 25.8 Å². The Hall–Kier alpha value is -1.26. The van der Waals surface area contributed by atoms with E-state index in [0.29, 0.717) is 24.3 Å². The van der Waals surface area contributed by atoms with Crippen molar-refractivity contribution in [2.24, 2.45) is 17.8 Å². The van der Waals surface area contributed by atoms with Crippen LogP contribution in [0.25, 0.3) is 0 Å². The van der Waals surface area contributed by atoms with Crippen LogP contribution in [0.3, 0.4) is 0 Å². The molecule has 2 saturated carbocycles. The van der Waals surface area contributed by atoms with Gasteiger partial charge in [-0.3, -0.25) is 4.79 Å². The van der Waals surface area contributed by atoms with E-state index in [1.807, 2.05) is 25.7 Å². The van der Waals surface area contributed by atoms with Crippen molar-refractivity contribution >= 4 is 12.0 Å². The third kappa shape index (κ3) is 3.81. The molecule has 5 nitrogen and oxygen atoms in total. The molecule has 2 aliphatic carbocycles. The molecule has 1 heterocycles. The van der Waals surface area contributed by atoms with Crippen molar-refractivity contribution in [1.29, 1.82) is 0 Å². The molecule has 0 radical (unpaired) electrons. The number of carbonyl (C=O) groups excluding carboxylic acids is 2. The number of carbonyl (C=O) groups is 2. The lowest BCUT2D eigenvalue weighted by atomic mass is 10.00. The highest BCUT2D eigenvalue weighted by molar-refractivity contribution is 5.83. The fourth-order valence-corrected chi connectivity index (χ4v) is 4.40. The maximum absolute atomic E-state index is 12.8. The number of hydrogen-bond acceptors (Lipinski definition) is 3. The zero-order valence-corrected chi connectivity index (χ0v) is 14.6. The van der Waals surface area contributed by atoms with Gasteiger partial charge in [0.05, 0.1) is 0 Å². The molecular weight excluding hydrogens is 292 g/mol. The van der Waals surface area contributed by atoms with Crippen molar-refractivity contribution < 1.29 is 14.3 Å². The van der Waals surface area contributed by atoms with Crippen molar-refractivity contribution in [2.45, 2.75) is 70.9 Å². The van der Waals surface area contributed by atoms with Crippen molar-refractivity contribution in [1.82, 2.24) is 10.2 Å². The number of rotatable bonds is 3. The summed E-state index contributed by atoms with van der Waals surface area (Å²) >= 11 is 0. The van der Waals surface area contributed by atoms with Crippen LogP contribution in [0, 0.1) is 17.8 Å². The Bertz CT molecular complexity index is 461. The van der Waals surface area contributed by atoms with E-state index in [4.69, 9.17) is 4.74 Å². The Labute approximate surface area is 139 Å². The van der Waals surface area contributed by atoms with E-state index >= 15 is 0 Å². The second-order valence-electron chi connectivity index (χ2n) is 8.35. The standard InChI is InChI=1S/C18H30N2O3/c1-18(2,3)23-17(22)19-11-12-7-4-5-10-20(12)16(21)15-13-8-6-9-14(13)15/h12-15H,4-11H2,1-3H3,(H,19,22)/t12-,13-,14-/m0/s1. The summed E-state index contributed by atoms with van der Waals surface area (Å²) in [6, 6.07) is 0.130. The molecule has 5 heteroatoms. The Morgan fingerprint density at radius 2 is 1.78 bits per heavy atom. The van der Waals surface area contributed by atoms with Crippen LogP contribution >= 0.6 is 0 Å². The summed E-state index contributed by atoms with van der Waals surface area (Å²) < 4.78 is 5.29. The molecule has 3 aliphatic rings. The summed E-state index contributed by atoms with van der Waals surface area (Å²) in [6.45, 7) is 6.91. The van der Waals surface area contributed by atoms with Gasteiger partial charge in [-0.05, 0) is 64.7 Å². The lowest BCUT2D eigenvalue weighted by Crippen LogP contribution is -2.50. The minimum atomic E-state index is -0.488. The molecule has 3 rings (SSSR count). The molecule has 0 unspecified atom stereocenters. The third-order valence-corrected chi connectivity index (χ3v) is 5.48. The van der Waals surface area contributed by atoms with Gasteiger partial charge in [0.1, 0.15) is 5.60 Å². The Morgan fingerprint density at radius 3 is 2.43 bits per heavy atom. The number of nitrogens with one attached hydrogen (secondary N) is 1. The SMILES string of the molecule is CC(C)(C)OC(=O)NC[C@@H]1CCCCN1C(=O)C1[C@H]2CCC[C@H]12. The van der Waals surface area contributed by atoms with Crippen LogP contribution in [0.4, 0.5) is 4.79 Å². The smallest absolute Gasteiger partial charge is 0.407 e. The first-order valence-electron chi connectivity index (χ1n) is 9.14. The predicted molar refractivity (Wildman–Crippen MR) is 87.9 cm³/mol. The van der Waals surface area contributed by atoms with E-state index in [1.54, 1.807) is 0 Å². The van der Waals surface area contributed by atoms with Crippen LogP contribution in [0.15, 0.2) is 0 Å². The van der Waals surface area contributed by atoms with Crippen molar-refractivity contribution in [2.75, 3.05) is 13.1 Å². The Balaban J connectivity index is 1.52. The van der Waals surface area contributed by atoms with Gasteiger partial charge < -0.3 is 15.0 Å². The van der Waals surface area contributed by atoms with Gasteiger partial charge in [0.15, 0.2) is 0 Å². The van der Waals surface area contributed by atoms with Gasteiger partial charge in [0, 0.05) is 25.0 Å². The number of ether oxygens (including phenoxy) is 1. The summed E-state index contributed by atoms with van der Waals surface area (Å²) in [7, 11) is 0. The summed E-state index contributed by atoms with van der Waals surface area (Å²) in [6.07, 6.45) is 6.55. The van der Waals surface area contributed by atoms with E-state index in [9.17, 15) is 9.59 Å². The van der Waals surface area contributed by atoms with Crippen LogP contribution in [0.1, 0.15) is 59.3 Å². The maximum Gasteiger partial charge on any atom is 0.407 e. The van der Waals surface area contributed by atoms with Crippen molar-refractivity contribution in [3.05, 3.63) is 0 Å². The lowest BCUT2D eigenvalue weighted by molar-refractivity contribution is -0.137. The zero-order chi connectivity index (χ0) is 16.6. The topological polar surface area (TPSA) is 58.6 Å². The molecule has 3 atom stereocenters. The van der Waals surface area contributed by atoms with E-state index < -0.39 is 11.7 Å². The first-order valence-corrected chi connectivity index (χ1v) is 9.14. The molecule has 23 heavy (non-hydrogen) atoms. The third-order valence-electron chi connectivity index (χ3n) is 5.48. The van der Waals surface area contributed by atoms with Gasteiger partial charge in [-0.25, -0.2) is 4.79 Å². The van der Waals surface area contributed by atoms with E-state index in [1.165, 1.54) is 19.3 Å². The van der Waals surface area contributed by atoms with E-state index in [-0.39, 0.29) is 12.0 Å². The van der Waals surface area contributed by atoms with Crippen LogP contribution in [-0.2, 0) is 9.53 Å². The molecule has 2 amide bonds. The molecule has 0 aromatic carbocycles. The number of nitrogens with zero attached hydrogens (tertiary/aromatic N) is 1. The maximum atomic E-state index is 12.8. The monoisotopic (exact) mass is 322 g/mol. The normalized spacial score (nSPS) is 33.1. The molecule has 0 bridgehead atoms. The number of hydrogen-bond donors (Lipinski definition) is 1. The first-order chi connectivity index (χ1) is 10.9. The minimum absolute atomic E-state index is 0.130. The highest BCUT2D eigenvalue weighted by Crippen LogP contribution is 2.58. The lowest BCUT2D eigenvalue weighted by Gasteiger charge is -2.36. The van der Waals surface area contributed by atoms with Crippen LogP contribution in [0.2, 0.25) is 0 Å². The quantitative estimate of drug-likeness (QED) is 0.869. The molecule has 0 aromatic heterocycles. The number of alkyl carbamates (subject to hydrolysis) is 1. The fourth-order valence-electron chi connectivity index (χ4n) is 4.40. The van der Waals surface area contributed by atoms with Gasteiger partial charge >= 0.3 is 6.09 Å². The van der Waals surface area contributed by atoms with Crippen LogP contribution < -0.4 is 5.32 Å². The van der Waals surface area contributed by atoms with Gasteiger partial charge in [-0.2, -0.15) is 0 Å². The number of fused-ring (bicyclic) bond motifs is 1. The Morgan fingerprint density at radius 1 is 1.09 bits per heavy atom. The molecule has 0 aromatic rings. The highest BCUT2D eigenvalue weighted by atomic mass is 16.6. The number of likely N-dealkylation sites (tertiary alicyclic amines) is 1. The fraction of sp³-hybridized carbons (Fsp3) is 0.889. The summed E-state index contributed by atoms with van der Waals surface area (Å²) in [5.41, 5.74) is -0.488. The molecule has 1 N–H and O–H groups in total. The molecular formula is C18H30N2O3. The highest BCUT2D eigenvalue weighted by Gasteiger charge is 2.57. The van der Waals surface area contributed by atoms with Gasteiger partial charge in [-0.15, -0.1) is 0 Å². The molecule has 130 valence electrons. The predicted octanol–water partition coefficient (Wildman–Crippen LogP) is 2.94. The first kappa shape index (κ1) is 16.6. The van der Waals surface area contributed by atoms with Crippen LogP contribution in [-0.4, -0.2) is 41.6 Å². The van der Waals surface area contributed by atoms with E-state index in [2.05, 4.69) is 5.32 Å². The molecule has 0 spiro atoms. The summed E-state index contributed by atoms with van der Waals surface area (Å²) in [5.74, 6) is 1.94. The molecule has 1 aliphatic heterocycles. The zero-order valence-electron chi connectivity index (χ0n) is 14.6. The summed E-state index contributed by atoms with van der Waals surface area (Å²) in [4.78, 5) is 26.7. The molecule has 1 saturated heterocycles. The van der Waals surface area contributed by atoms with Gasteiger partial charge in [0.2, 0.25) is 5.91 Å². The van der Waals surface area contributed by atoms with Crippen molar-refractivity contribution in [3.8, 4) is 0 Å². The second-order valence-corrected chi connectivity index (χ2v) is 8.35. The average molecular weight is 322 g/mol. The summed E-state index contributed by atoms with van der Waals surface area (Å²) in [5, 5.41) is 2.85. The van der Waals surface area contributed by atoms with Crippen molar-refractivity contribution in [3.63, 3.8) is 0 Å². The van der Waals surface area contributed by atoms with Gasteiger partial charge in [-0.1, -0.05) is 6.42 Å². The average Bonchev–Trinajstić information content (AvgIpc) is 2.95. The van der Waals surface area contributed by atoms with Gasteiger partial charge in [0.25, 0.3) is 0 Å². The number of amides is 2.